The second-order valence-electron chi connectivity index (χ2n) is 4.57. The van der Waals surface area contributed by atoms with Crippen LogP contribution in [0.5, 0.6) is 5.75 Å². The normalized spacial score (nSPS) is 10.6. The fourth-order valence-corrected chi connectivity index (χ4v) is 1.97. The predicted molar refractivity (Wildman–Crippen MR) is 80.2 cm³/mol. The molecule has 0 atom stereocenters. The fourth-order valence-electron chi connectivity index (χ4n) is 1.97. The van der Waals surface area contributed by atoms with Crippen molar-refractivity contribution in [2.45, 2.75) is 6.61 Å². The zero-order valence-corrected chi connectivity index (χ0v) is 12.1. The SMILES string of the molecule is O=C(Nc1ccc(-n2cncn2)nc1)c1ccccc1OC(F)F. The maximum atomic E-state index is 12.4. The summed E-state index contributed by atoms with van der Waals surface area (Å²) < 4.78 is 30.6. The minimum absolute atomic E-state index is 0.00171. The highest BCUT2D eigenvalue weighted by Crippen LogP contribution is 2.21. The lowest BCUT2D eigenvalue weighted by atomic mass is 10.2. The van der Waals surface area contributed by atoms with E-state index in [2.05, 4.69) is 25.1 Å². The number of nitrogens with one attached hydrogen (secondary N) is 1. The zero-order valence-electron chi connectivity index (χ0n) is 12.1. The van der Waals surface area contributed by atoms with Crippen LogP contribution in [0, 0.1) is 0 Å². The number of hydrogen-bond acceptors (Lipinski definition) is 5. The van der Waals surface area contributed by atoms with Crippen LogP contribution in [-0.2, 0) is 0 Å². The van der Waals surface area contributed by atoms with E-state index in [1.54, 1.807) is 18.2 Å². The van der Waals surface area contributed by atoms with E-state index in [1.165, 1.54) is 41.7 Å². The Balaban J connectivity index is 1.75. The molecule has 24 heavy (non-hydrogen) atoms. The van der Waals surface area contributed by atoms with Crippen LogP contribution in [0.4, 0.5) is 14.5 Å². The molecule has 3 rings (SSSR count). The van der Waals surface area contributed by atoms with E-state index in [-0.39, 0.29) is 11.3 Å². The smallest absolute Gasteiger partial charge is 0.387 e. The summed E-state index contributed by atoms with van der Waals surface area (Å²) in [6.07, 6.45) is 4.28. The minimum Gasteiger partial charge on any atom is -0.434 e. The van der Waals surface area contributed by atoms with Gasteiger partial charge in [-0.3, -0.25) is 4.79 Å². The van der Waals surface area contributed by atoms with Crippen LogP contribution < -0.4 is 10.1 Å². The van der Waals surface area contributed by atoms with Gasteiger partial charge in [0.05, 0.1) is 17.4 Å². The Labute approximate surface area is 134 Å². The molecule has 0 radical (unpaired) electrons. The summed E-state index contributed by atoms with van der Waals surface area (Å²) in [5.41, 5.74) is 0.397. The van der Waals surface area contributed by atoms with E-state index in [0.717, 1.165) is 0 Å². The summed E-state index contributed by atoms with van der Waals surface area (Å²) in [7, 11) is 0. The summed E-state index contributed by atoms with van der Waals surface area (Å²) in [5.74, 6) is -0.259. The van der Waals surface area contributed by atoms with Crippen LogP contribution in [-0.4, -0.2) is 32.3 Å². The lowest BCUT2D eigenvalue weighted by Crippen LogP contribution is -2.15. The van der Waals surface area contributed by atoms with Gasteiger partial charge in [0.1, 0.15) is 18.4 Å². The van der Waals surface area contributed by atoms with Crippen molar-refractivity contribution in [2.24, 2.45) is 0 Å². The van der Waals surface area contributed by atoms with Crippen molar-refractivity contribution in [1.82, 2.24) is 19.7 Å². The first-order chi connectivity index (χ1) is 11.6. The molecule has 9 heteroatoms. The van der Waals surface area contributed by atoms with Crippen LogP contribution in [0.25, 0.3) is 5.82 Å². The maximum absolute atomic E-state index is 12.4. The van der Waals surface area contributed by atoms with E-state index in [1.807, 2.05) is 0 Å². The minimum atomic E-state index is -3.01. The van der Waals surface area contributed by atoms with Gasteiger partial charge in [-0.05, 0) is 24.3 Å². The maximum Gasteiger partial charge on any atom is 0.387 e. The Kier molecular flexibility index (Phi) is 4.41. The molecule has 1 aromatic carbocycles. The number of carbonyl (C=O) groups excluding carboxylic acids is 1. The summed E-state index contributed by atoms with van der Waals surface area (Å²) >= 11 is 0. The highest BCUT2D eigenvalue weighted by Gasteiger charge is 2.15. The van der Waals surface area contributed by atoms with Crippen molar-refractivity contribution in [3.63, 3.8) is 0 Å². The summed E-state index contributed by atoms with van der Waals surface area (Å²) in [6.45, 7) is -3.01. The van der Waals surface area contributed by atoms with Crippen LogP contribution in [0.3, 0.4) is 0 Å². The van der Waals surface area contributed by atoms with Crippen LogP contribution in [0.2, 0.25) is 0 Å². The number of amides is 1. The van der Waals surface area contributed by atoms with E-state index in [9.17, 15) is 13.6 Å². The second-order valence-corrected chi connectivity index (χ2v) is 4.57. The van der Waals surface area contributed by atoms with E-state index in [0.29, 0.717) is 11.5 Å². The van der Waals surface area contributed by atoms with Gasteiger partial charge in [0.15, 0.2) is 5.82 Å². The molecule has 0 saturated heterocycles. The van der Waals surface area contributed by atoms with Gasteiger partial charge < -0.3 is 10.1 Å². The molecule has 0 aliphatic carbocycles. The summed E-state index contributed by atoms with van der Waals surface area (Å²) in [4.78, 5) is 20.2. The number of rotatable bonds is 5. The van der Waals surface area contributed by atoms with Crippen molar-refractivity contribution in [2.75, 3.05) is 5.32 Å². The number of alkyl halides is 2. The monoisotopic (exact) mass is 331 g/mol. The van der Waals surface area contributed by atoms with E-state index in [4.69, 9.17) is 0 Å². The predicted octanol–water partition coefficient (Wildman–Crippen LogP) is 2.52. The lowest BCUT2D eigenvalue weighted by molar-refractivity contribution is -0.0501. The average Bonchev–Trinajstić information content (AvgIpc) is 3.10. The number of para-hydroxylation sites is 1. The number of ether oxygens (including phenoxy) is 1. The van der Waals surface area contributed by atoms with Crippen LogP contribution in [0.15, 0.2) is 55.2 Å². The Morgan fingerprint density at radius 3 is 2.71 bits per heavy atom. The molecule has 1 N–H and O–H groups in total. The molecular weight excluding hydrogens is 320 g/mol. The first kappa shape index (κ1) is 15.5. The molecule has 2 aromatic heterocycles. The molecule has 0 aliphatic rings. The summed E-state index contributed by atoms with van der Waals surface area (Å²) in [6, 6.07) is 8.99. The van der Waals surface area contributed by atoms with Gasteiger partial charge in [0, 0.05) is 0 Å². The second kappa shape index (κ2) is 6.82. The standard InChI is InChI=1S/C15H11F2N5O2/c16-15(17)24-12-4-2-1-3-11(12)14(23)21-10-5-6-13(19-7-10)22-9-18-8-20-22/h1-9,15H,(H,21,23). The van der Waals surface area contributed by atoms with Gasteiger partial charge in [-0.2, -0.15) is 13.9 Å². The fraction of sp³-hybridized carbons (Fsp3) is 0.0667. The number of hydrogen-bond donors (Lipinski definition) is 1. The number of nitrogens with zero attached hydrogens (tertiary/aromatic N) is 4. The van der Waals surface area contributed by atoms with Gasteiger partial charge in [-0.25, -0.2) is 14.6 Å². The van der Waals surface area contributed by atoms with Crippen molar-refractivity contribution in [3.05, 3.63) is 60.8 Å². The quantitative estimate of drug-likeness (QED) is 0.777. The molecule has 7 nitrogen and oxygen atoms in total. The van der Waals surface area contributed by atoms with Crippen molar-refractivity contribution >= 4 is 11.6 Å². The molecule has 122 valence electrons. The molecule has 0 spiro atoms. The Hall–Kier alpha value is -3.36. The third-order valence-corrected chi connectivity index (χ3v) is 3.01. The van der Waals surface area contributed by atoms with Crippen molar-refractivity contribution in [1.29, 1.82) is 0 Å². The number of benzene rings is 1. The van der Waals surface area contributed by atoms with Gasteiger partial charge in [0.2, 0.25) is 0 Å². The molecule has 3 aromatic rings. The Morgan fingerprint density at radius 1 is 1.21 bits per heavy atom. The third-order valence-electron chi connectivity index (χ3n) is 3.01. The topological polar surface area (TPSA) is 81.9 Å². The first-order valence-corrected chi connectivity index (χ1v) is 6.80. The van der Waals surface area contributed by atoms with Gasteiger partial charge in [0.25, 0.3) is 5.91 Å². The van der Waals surface area contributed by atoms with E-state index >= 15 is 0 Å². The highest BCUT2D eigenvalue weighted by molar-refractivity contribution is 6.06. The third kappa shape index (κ3) is 3.51. The Morgan fingerprint density at radius 2 is 2.04 bits per heavy atom. The molecule has 0 unspecified atom stereocenters. The first-order valence-electron chi connectivity index (χ1n) is 6.80. The zero-order chi connectivity index (χ0) is 16.9. The van der Waals surface area contributed by atoms with E-state index < -0.39 is 12.5 Å². The van der Waals surface area contributed by atoms with Gasteiger partial charge >= 0.3 is 6.61 Å². The van der Waals surface area contributed by atoms with Gasteiger partial charge in [-0.15, -0.1) is 0 Å². The highest BCUT2D eigenvalue weighted by atomic mass is 19.3. The molecular formula is C15H11F2N5O2. The molecule has 0 bridgehead atoms. The molecule has 2 heterocycles. The molecule has 0 fully saturated rings. The molecule has 1 amide bonds. The molecule has 0 saturated carbocycles. The number of anilines is 1. The number of aromatic nitrogens is 4. The number of pyridine rings is 1. The molecule has 0 aliphatic heterocycles. The Bertz CT molecular complexity index is 822. The number of carbonyl (C=O) groups is 1. The largest absolute Gasteiger partial charge is 0.434 e. The lowest BCUT2D eigenvalue weighted by Gasteiger charge is -2.11. The van der Waals surface area contributed by atoms with Crippen molar-refractivity contribution < 1.29 is 18.3 Å². The van der Waals surface area contributed by atoms with Gasteiger partial charge in [-0.1, -0.05) is 12.1 Å². The summed E-state index contributed by atoms with van der Waals surface area (Å²) in [5, 5.41) is 6.50. The van der Waals surface area contributed by atoms with Crippen LogP contribution in [0.1, 0.15) is 10.4 Å². The number of halogens is 2. The van der Waals surface area contributed by atoms with Crippen LogP contribution >= 0.6 is 0 Å². The average molecular weight is 331 g/mol. The van der Waals surface area contributed by atoms with Crippen molar-refractivity contribution in [3.8, 4) is 11.6 Å².